The third-order valence-corrected chi connectivity index (χ3v) is 1.14. The second-order valence-electron chi connectivity index (χ2n) is 2.52. The zero-order valence-electron chi connectivity index (χ0n) is 7.88. The van der Waals surface area contributed by atoms with Gasteiger partial charge in [-0.1, -0.05) is 0 Å². The third kappa shape index (κ3) is 4.10. The summed E-state index contributed by atoms with van der Waals surface area (Å²) in [4.78, 5) is 32.0. The van der Waals surface area contributed by atoms with Gasteiger partial charge in [-0.25, -0.2) is 0 Å². The Morgan fingerprint density at radius 1 is 0.929 bits per heavy atom. The number of nitrogens with one attached hydrogen (secondary N) is 2. The van der Waals surface area contributed by atoms with E-state index >= 15 is 0 Å². The first-order chi connectivity index (χ1) is 6.34. The Morgan fingerprint density at radius 3 is 1.50 bits per heavy atom. The molecular formula is C7H12N4O3. The molecule has 0 aliphatic carbocycles. The molecule has 7 heteroatoms. The average molecular weight is 200 g/mol. The number of hydrogen-bond donors (Lipinski definition) is 4. The van der Waals surface area contributed by atoms with Gasteiger partial charge in [-0.05, 0) is 0 Å². The van der Waals surface area contributed by atoms with Crippen molar-refractivity contribution >= 4 is 17.7 Å². The summed E-state index contributed by atoms with van der Waals surface area (Å²) in [7, 11) is 0. The van der Waals surface area contributed by atoms with Crippen molar-refractivity contribution in [1.29, 1.82) is 0 Å². The lowest BCUT2D eigenvalue weighted by Crippen LogP contribution is -2.38. The summed E-state index contributed by atoms with van der Waals surface area (Å²) in [6.45, 7) is 2.41. The second kappa shape index (κ2) is 4.85. The minimum atomic E-state index is -0.928. The van der Waals surface area contributed by atoms with Gasteiger partial charge in [-0.15, -0.1) is 0 Å². The molecule has 14 heavy (non-hydrogen) atoms. The van der Waals surface area contributed by atoms with E-state index in [0.717, 1.165) is 0 Å². The van der Waals surface area contributed by atoms with E-state index in [1.165, 1.54) is 13.8 Å². The van der Waals surface area contributed by atoms with Crippen LogP contribution < -0.4 is 22.1 Å². The van der Waals surface area contributed by atoms with Crippen molar-refractivity contribution in [3.8, 4) is 0 Å². The molecule has 0 saturated heterocycles. The molecule has 0 aromatic heterocycles. The van der Waals surface area contributed by atoms with Crippen LogP contribution in [0.25, 0.3) is 0 Å². The van der Waals surface area contributed by atoms with Crippen molar-refractivity contribution in [1.82, 2.24) is 10.6 Å². The van der Waals surface area contributed by atoms with E-state index in [0.29, 0.717) is 0 Å². The molecule has 0 bridgehead atoms. The average Bonchev–Trinajstić information content (AvgIpc) is 1.99. The lowest BCUT2D eigenvalue weighted by Gasteiger charge is -2.10. The van der Waals surface area contributed by atoms with Gasteiger partial charge < -0.3 is 22.1 Å². The van der Waals surface area contributed by atoms with E-state index in [1.54, 1.807) is 0 Å². The van der Waals surface area contributed by atoms with Crippen LogP contribution >= 0.6 is 0 Å². The van der Waals surface area contributed by atoms with Gasteiger partial charge in [0.2, 0.25) is 11.8 Å². The maximum atomic E-state index is 10.7. The van der Waals surface area contributed by atoms with E-state index in [4.69, 9.17) is 11.5 Å². The van der Waals surface area contributed by atoms with Crippen molar-refractivity contribution in [2.24, 2.45) is 11.5 Å². The van der Waals surface area contributed by atoms with Crippen molar-refractivity contribution < 1.29 is 14.4 Å². The van der Waals surface area contributed by atoms with Crippen LogP contribution in [0, 0.1) is 0 Å². The van der Waals surface area contributed by atoms with E-state index in [-0.39, 0.29) is 5.82 Å². The lowest BCUT2D eigenvalue weighted by atomic mass is 10.4. The number of nitrogens with two attached hydrogens (primary N) is 2. The Bertz CT molecular complexity index is 290. The van der Waals surface area contributed by atoms with E-state index in [9.17, 15) is 14.4 Å². The Labute approximate surface area is 80.5 Å². The van der Waals surface area contributed by atoms with Crippen LogP contribution in [0.2, 0.25) is 0 Å². The predicted octanol–water partition coefficient (Wildman–Crippen LogP) is -2.13. The number of carbonyl (C=O) groups is 3. The summed E-state index contributed by atoms with van der Waals surface area (Å²) in [6.07, 6.45) is 0. The Morgan fingerprint density at radius 2 is 1.29 bits per heavy atom. The molecule has 0 rings (SSSR count). The fraction of sp³-hybridized carbons (Fsp3) is 0.286. The molecule has 0 aliphatic rings. The molecule has 0 atom stereocenters. The van der Waals surface area contributed by atoms with Gasteiger partial charge in [-0.3, -0.25) is 14.4 Å². The highest BCUT2D eigenvalue weighted by molar-refractivity contribution is 5.93. The summed E-state index contributed by atoms with van der Waals surface area (Å²) < 4.78 is 0. The zero-order valence-corrected chi connectivity index (χ0v) is 7.88. The molecule has 0 aromatic rings. The largest absolute Gasteiger partial charge is 0.391 e. The van der Waals surface area contributed by atoms with Crippen molar-refractivity contribution in [2.75, 3.05) is 0 Å². The van der Waals surface area contributed by atoms with Crippen molar-refractivity contribution in [3.05, 3.63) is 11.5 Å². The third-order valence-electron chi connectivity index (χ3n) is 1.14. The molecule has 0 fully saturated rings. The number of primary amides is 1. The Hall–Kier alpha value is -2.05. The molecule has 78 valence electrons. The predicted molar refractivity (Wildman–Crippen MR) is 48.0 cm³/mol. The van der Waals surface area contributed by atoms with Gasteiger partial charge in [0.05, 0.1) is 0 Å². The number of rotatable bonds is 3. The quantitative estimate of drug-likeness (QED) is 0.388. The maximum absolute atomic E-state index is 10.7. The summed E-state index contributed by atoms with van der Waals surface area (Å²) in [5.41, 5.74) is 9.69. The molecule has 0 aliphatic heterocycles. The zero-order chi connectivity index (χ0) is 11.3. The van der Waals surface area contributed by atoms with Gasteiger partial charge >= 0.3 is 0 Å². The highest BCUT2D eigenvalue weighted by Crippen LogP contribution is 1.90. The Kier molecular flexibility index (Phi) is 4.14. The smallest absolute Gasteiger partial charge is 0.268 e. The van der Waals surface area contributed by atoms with Crippen LogP contribution in [-0.4, -0.2) is 17.7 Å². The first-order valence-corrected chi connectivity index (χ1v) is 3.69. The molecule has 0 heterocycles. The molecule has 6 N–H and O–H groups in total. The molecule has 0 saturated carbocycles. The molecule has 3 amide bonds. The summed E-state index contributed by atoms with van der Waals surface area (Å²) in [6, 6.07) is 0. The van der Waals surface area contributed by atoms with Gasteiger partial charge in [0.25, 0.3) is 5.91 Å². The van der Waals surface area contributed by atoms with Crippen LogP contribution in [-0.2, 0) is 14.4 Å². The molecule has 0 spiro atoms. The summed E-state index contributed by atoms with van der Waals surface area (Å²) in [5, 5.41) is 4.35. The molecule has 0 radical (unpaired) electrons. The Balaban J connectivity index is 4.87. The fourth-order valence-electron chi connectivity index (χ4n) is 0.641. The molecule has 7 nitrogen and oxygen atoms in total. The van der Waals surface area contributed by atoms with Gasteiger partial charge in [-0.2, -0.15) is 0 Å². The number of carbonyl (C=O) groups excluding carboxylic acids is 3. The van der Waals surface area contributed by atoms with E-state index in [2.05, 4.69) is 10.6 Å². The van der Waals surface area contributed by atoms with Gasteiger partial charge in [0.1, 0.15) is 11.5 Å². The first-order valence-electron chi connectivity index (χ1n) is 3.69. The van der Waals surface area contributed by atoms with Crippen LogP contribution in [0.15, 0.2) is 11.5 Å². The maximum Gasteiger partial charge on any atom is 0.268 e. The highest BCUT2D eigenvalue weighted by Gasteiger charge is 2.11. The van der Waals surface area contributed by atoms with Crippen molar-refractivity contribution in [3.63, 3.8) is 0 Å². The van der Waals surface area contributed by atoms with Crippen LogP contribution in [0.3, 0.4) is 0 Å². The molecule has 0 aromatic carbocycles. The monoisotopic (exact) mass is 200 g/mol. The van der Waals surface area contributed by atoms with Crippen molar-refractivity contribution in [2.45, 2.75) is 13.8 Å². The normalized spacial score (nSPS) is 8.71. The van der Waals surface area contributed by atoms with Crippen LogP contribution in [0.1, 0.15) is 13.8 Å². The molecule has 0 unspecified atom stereocenters. The lowest BCUT2D eigenvalue weighted by molar-refractivity contribution is -0.119. The number of hydrogen-bond acceptors (Lipinski definition) is 4. The van der Waals surface area contributed by atoms with Gasteiger partial charge in [0.15, 0.2) is 0 Å². The second-order valence-corrected chi connectivity index (χ2v) is 2.52. The fourth-order valence-corrected chi connectivity index (χ4v) is 0.641. The van der Waals surface area contributed by atoms with E-state index < -0.39 is 23.4 Å². The first kappa shape index (κ1) is 11.9. The molecular weight excluding hydrogens is 188 g/mol. The minimum Gasteiger partial charge on any atom is -0.391 e. The summed E-state index contributed by atoms with van der Waals surface area (Å²) >= 11 is 0. The number of amides is 3. The topological polar surface area (TPSA) is 127 Å². The van der Waals surface area contributed by atoms with E-state index in [1.807, 2.05) is 0 Å². The van der Waals surface area contributed by atoms with Gasteiger partial charge in [0, 0.05) is 13.8 Å². The van der Waals surface area contributed by atoms with Crippen LogP contribution in [0.5, 0.6) is 0 Å². The minimum absolute atomic E-state index is 0.197. The standard InChI is InChI=1S/C7H12N4O3/c1-3(12)10-7(11-4(2)13)5(8)6(9)14/h8H2,1-2H3,(H2,9,14)(H,10,12)(H,11,13). The highest BCUT2D eigenvalue weighted by atomic mass is 16.2. The van der Waals surface area contributed by atoms with Crippen LogP contribution in [0.4, 0.5) is 0 Å². The summed E-state index contributed by atoms with van der Waals surface area (Å²) in [5.74, 6) is -2.07. The SMILES string of the molecule is CC(=O)NC(NC(C)=O)=C(N)C(N)=O.